The van der Waals surface area contributed by atoms with Gasteiger partial charge in [-0.3, -0.25) is 0 Å². The largest absolute Gasteiger partial charge is 0.390 e. The van der Waals surface area contributed by atoms with Crippen molar-refractivity contribution < 1.29 is 5.11 Å². The lowest BCUT2D eigenvalue weighted by Crippen LogP contribution is -1.85. The van der Waals surface area contributed by atoms with E-state index < -0.39 is 0 Å². The molecule has 0 unspecified atom stereocenters. The van der Waals surface area contributed by atoms with Crippen LogP contribution in [-0.4, -0.2) is 15.1 Å². The van der Waals surface area contributed by atoms with Crippen molar-refractivity contribution in [2.75, 3.05) is 0 Å². The van der Waals surface area contributed by atoms with Crippen molar-refractivity contribution in [3.8, 4) is 0 Å². The maximum absolute atomic E-state index is 8.72. The van der Waals surface area contributed by atoms with Crippen LogP contribution in [0.5, 0.6) is 0 Å². The first-order chi connectivity index (χ1) is 4.77. The van der Waals surface area contributed by atoms with Crippen LogP contribution < -0.4 is 0 Å². The van der Waals surface area contributed by atoms with Crippen LogP contribution in [0.3, 0.4) is 0 Å². The summed E-state index contributed by atoms with van der Waals surface area (Å²) in [5.41, 5.74) is 1.65. The zero-order valence-corrected chi connectivity index (χ0v) is 6.02. The number of hydrogen-bond acceptors (Lipinski definition) is 2. The van der Waals surface area contributed by atoms with E-state index in [-0.39, 0.29) is 6.61 Å². The lowest BCUT2D eigenvalue weighted by atomic mass is 10.4. The summed E-state index contributed by atoms with van der Waals surface area (Å²) >= 11 is 0. The molecule has 1 heterocycles. The van der Waals surface area contributed by atoms with Crippen LogP contribution >= 0.6 is 0 Å². The number of hydrogen-bond donors (Lipinski definition) is 2. The normalized spacial score (nSPS) is 10.3. The van der Waals surface area contributed by atoms with Gasteiger partial charge in [-0.1, -0.05) is 0 Å². The lowest BCUT2D eigenvalue weighted by molar-refractivity contribution is 0.276. The fourth-order valence-electron chi connectivity index (χ4n) is 0.836. The highest BCUT2D eigenvalue weighted by atomic mass is 16.3. The smallest absolute Gasteiger partial charge is 0.106 e. The van der Waals surface area contributed by atoms with Gasteiger partial charge in [0.15, 0.2) is 0 Å². The van der Waals surface area contributed by atoms with Gasteiger partial charge < -0.3 is 10.1 Å². The van der Waals surface area contributed by atoms with Gasteiger partial charge in [-0.05, 0) is 13.8 Å². The quantitative estimate of drug-likeness (QED) is 0.630. The molecule has 0 atom stereocenters. The average Bonchev–Trinajstić information content (AvgIpc) is 2.30. The molecular weight excluding hydrogens is 128 g/mol. The molecule has 10 heavy (non-hydrogen) atoms. The van der Waals surface area contributed by atoms with Gasteiger partial charge in [0.2, 0.25) is 0 Å². The van der Waals surface area contributed by atoms with Gasteiger partial charge in [-0.2, -0.15) is 0 Å². The monoisotopic (exact) mass is 139 g/mol. The summed E-state index contributed by atoms with van der Waals surface area (Å²) in [7, 11) is 0. The van der Waals surface area contributed by atoms with E-state index in [2.05, 4.69) is 16.9 Å². The fraction of sp³-hybridized carbons (Fsp3) is 0.429. The molecule has 0 fully saturated rings. The Bertz CT molecular complexity index is 217. The van der Waals surface area contributed by atoms with Crippen molar-refractivity contribution in [1.29, 1.82) is 0 Å². The highest BCUT2D eigenvalue weighted by Crippen LogP contribution is 2.04. The van der Waals surface area contributed by atoms with Crippen LogP contribution in [0.2, 0.25) is 0 Å². The molecule has 0 saturated heterocycles. The maximum Gasteiger partial charge on any atom is 0.106 e. The Labute approximate surface area is 60.1 Å². The summed E-state index contributed by atoms with van der Waals surface area (Å²) in [5.74, 6) is 0.835. The van der Waals surface area contributed by atoms with Crippen LogP contribution in [0.25, 0.3) is 0 Å². The summed E-state index contributed by atoms with van der Waals surface area (Å²) in [6, 6.07) is 0. The van der Waals surface area contributed by atoms with Gasteiger partial charge in [0.1, 0.15) is 5.82 Å². The van der Waals surface area contributed by atoms with Crippen molar-refractivity contribution in [1.82, 2.24) is 9.97 Å². The second-order valence-corrected chi connectivity index (χ2v) is 2.16. The zero-order valence-electron chi connectivity index (χ0n) is 6.02. The van der Waals surface area contributed by atoms with Crippen LogP contribution in [0.4, 0.5) is 0 Å². The van der Waals surface area contributed by atoms with Crippen LogP contribution in [0, 0.1) is 13.8 Å². The van der Waals surface area contributed by atoms with Crippen LogP contribution in [0.15, 0.2) is 0 Å². The Balaban J connectivity index is 2.92. The standard InChI is InChI=1S/C7H11N2O/c1-3-7-8-5(2)6(4-10)9-7/h10H,1,3-4H2,2H3,(H,8,9). The van der Waals surface area contributed by atoms with Gasteiger partial charge in [-0.25, -0.2) is 4.98 Å². The number of aliphatic hydroxyl groups is 1. The Hall–Kier alpha value is -0.830. The van der Waals surface area contributed by atoms with Crippen LogP contribution in [0.1, 0.15) is 17.2 Å². The van der Waals surface area contributed by atoms with Crippen molar-refractivity contribution in [3.05, 3.63) is 24.1 Å². The Kier molecular flexibility index (Phi) is 2.06. The van der Waals surface area contributed by atoms with Crippen molar-refractivity contribution in [2.45, 2.75) is 20.0 Å². The first-order valence-corrected chi connectivity index (χ1v) is 3.22. The van der Waals surface area contributed by atoms with Crippen molar-refractivity contribution >= 4 is 0 Å². The van der Waals surface area contributed by atoms with Crippen molar-refractivity contribution in [3.63, 3.8) is 0 Å². The van der Waals surface area contributed by atoms with E-state index in [0.717, 1.165) is 17.2 Å². The average molecular weight is 139 g/mol. The number of aromatic nitrogens is 2. The third kappa shape index (κ3) is 1.19. The Morgan fingerprint density at radius 3 is 2.70 bits per heavy atom. The molecule has 2 N–H and O–H groups in total. The lowest BCUT2D eigenvalue weighted by Gasteiger charge is -1.85. The highest BCUT2D eigenvalue weighted by molar-refractivity contribution is 5.12. The molecular formula is C7H11N2O. The molecule has 0 aliphatic carbocycles. The molecule has 0 bridgehead atoms. The zero-order chi connectivity index (χ0) is 7.56. The minimum Gasteiger partial charge on any atom is -0.390 e. The summed E-state index contributed by atoms with van der Waals surface area (Å²) < 4.78 is 0. The van der Waals surface area contributed by atoms with Gasteiger partial charge >= 0.3 is 0 Å². The van der Waals surface area contributed by atoms with Crippen molar-refractivity contribution in [2.24, 2.45) is 0 Å². The second kappa shape index (κ2) is 2.84. The number of nitrogens with one attached hydrogen (secondary N) is 1. The van der Waals surface area contributed by atoms with Gasteiger partial charge in [0.25, 0.3) is 0 Å². The maximum atomic E-state index is 8.72. The fourth-order valence-corrected chi connectivity index (χ4v) is 0.836. The highest BCUT2D eigenvalue weighted by Gasteiger charge is 2.01. The summed E-state index contributed by atoms with van der Waals surface area (Å²) in [5, 5.41) is 8.72. The molecule has 1 aromatic heterocycles. The first kappa shape index (κ1) is 7.28. The topological polar surface area (TPSA) is 48.9 Å². The van der Waals surface area contributed by atoms with E-state index >= 15 is 0 Å². The third-order valence-corrected chi connectivity index (χ3v) is 1.42. The molecule has 1 radical (unpaired) electrons. The molecule has 0 aliphatic heterocycles. The van der Waals surface area contributed by atoms with Gasteiger partial charge in [-0.15, -0.1) is 0 Å². The van der Waals surface area contributed by atoms with E-state index in [9.17, 15) is 0 Å². The molecule has 55 valence electrons. The number of aromatic amines is 1. The van der Waals surface area contributed by atoms with Gasteiger partial charge in [0, 0.05) is 12.1 Å². The molecule has 1 rings (SSSR count). The molecule has 1 aromatic rings. The molecule has 0 spiro atoms. The summed E-state index contributed by atoms with van der Waals surface area (Å²) in [6.45, 7) is 5.56. The van der Waals surface area contributed by atoms with E-state index in [4.69, 9.17) is 5.11 Å². The minimum atomic E-state index is 0.00231. The number of imidazole rings is 1. The SMILES string of the molecule is [CH2]Cc1nc(CO)c(C)[nH]1. The number of H-pyrrole nitrogens is 1. The first-order valence-electron chi connectivity index (χ1n) is 3.22. The molecule has 3 nitrogen and oxygen atoms in total. The molecule has 0 aliphatic rings. The predicted octanol–water partition coefficient (Wildman–Crippen LogP) is 0.587. The number of aliphatic hydroxyl groups excluding tert-OH is 1. The molecule has 0 aromatic carbocycles. The van der Waals surface area contributed by atoms with Crippen LogP contribution in [-0.2, 0) is 13.0 Å². The number of nitrogens with zero attached hydrogens (tertiary/aromatic N) is 1. The molecule has 3 heteroatoms. The predicted molar refractivity (Wildman–Crippen MR) is 38.3 cm³/mol. The molecule has 0 amide bonds. The van der Waals surface area contributed by atoms with Gasteiger partial charge in [0.05, 0.1) is 12.3 Å². The summed E-state index contributed by atoms with van der Waals surface area (Å²) in [4.78, 5) is 7.09. The molecule has 0 saturated carbocycles. The minimum absolute atomic E-state index is 0.00231. The van der Waals surface area contributed by atoms with E-state index in [1.807, 2.05) is 6.92 Å². The van der Waals surface area contributed by atoms with E-state index in [1.165, 1.54) is 0 Å². The Morgan fingerprint density at radius 1 is 1.70 bits per heavy atom. The number of rotatable bonds is 2. The number of aryl methyl sites for hydroxylation is 1. The third-order valence-electron chi connectivity index (χ3n) is 1.42. The summed E-state index contributed by atoms with van der Waals surface area (Å²) in [6.07, 6.45) is 0.640. The Morgan fingerprint density at radius 2 is 2.40 bits per heavy atom. The van der Waals surface area contributed by atoms with E-state index in [1.54, 1.807) is 0 Å². The van der Waals surface area contributed by atoms with E-state index in [0.29, 0.717) is 6.42 Å². The second-order valence-electron chi connectivity index (χ2n) is 2.16.